The topological polar surface area (TPSA) is 45.2 Å². The molecule has 4 nitrogen and oxygen atoms in total. The molecule has 3 unspecified atom stereocenters. The van der Waals surface area contributed by atoms with Crippen molar-refractivity contribution < 1.29 is 4.79 Å². The number of thiazole rings is 1. The summed E-state index contributed by atoms with van der Waals surface area (Å²) in [7, 11) is 0. The molecule has 3 aliphatic rings. The lowest BCUT2D eigenvalue weighted by molar-refractivity contribution is 0.0274. The lowest BCUT2D eigenvalue weighted by atomic mass is 9.80. The fourth-order valence-electron chi connectivity index (χ4n) is 3.05. The van der Waals surface area contributed by atoms with Gasteiger partial charge in [0, 0.05) is 18.6 Å². The van der Waals surface area contributed by atoms with E-state index < -0.39 is 0 Å². The van der Waals surface area contributed by atoms with Crippen molar-refractivity contribution in [3.63, 3.8) is 0 Å². The van der Waals surface area contributed by atoms with Gasteiger partial charge in [0.05, 0.1) is 6.20 Å². The predicted molar refractivity (Wildman–Crippen MR) is 72.1 cm³/mol. The van der Waals surface area contributed by atoms with Crippen molar-refractivity contribution in [2.75, 3.05) is 13.1 Å². The number of hydrogen-bond donors (Lipinski definition) is 1. The van der Waals surface area contributed by atoms with Crippen LogP contribution in [0.4, 0.5) is 0 Å². The van der Waals surface area contributed by atoms with Gasteiger partial charge in [-0.15, -0.1) is 0 Å². The van der Waals surface area contributed by atoms with E-state index in [1.165, 1.54) is 36.9 Å². The van der Waals surface area contributed by atoms with E-state index in [4.69, 9.17) is 11.6 Å². The highest BCUT2D eigenvalue weighted by Crippen LogP contribution is 2.32. The third-order valence-corrected chi connectivity index (χ3v) is 5.16. The molecule has 0 aromatic carbocycles. The average molecular weight is 286 g/mol. The summed E-state index contributed by atoms with van der Waals surface area (Å²) in [4.78, 5) is 18.5. The second kappa shape index (κ2) is 4.79. The third-order valence-electron chi connectivity index (χ3n) is 4.04. The van der Waals surface area contributed by atoms with Gasteiger partial charge in [-0.05, 0) is 32.2 Å². The van der Waals surface area contributed by atoms with E-state index in [-0.39, 0.29) is 11.9 Å². The second-order valence-corrected chi connectivity index (χ2v) is 6.84. The second-order valence-electron chi connectivity index (χ2n) is 5.18. The van der Waals surface area contributed by atoms with Crippen molar-refractivity contribution in [3.05, 3.63) is 15.5 Å². The molecule has 0 radical (unpaired) electrons. The van der Waals surface area contributed by atoms with E-state index in [1.807, 2.05) is 0 Å². The Morgan fingerprint density at radius 1 is 1.67 bits per heavy atom. The SMILES string of the molecule is CC1CC2CCN1C[C@@H]2NC(=O)c1ncc(Cl)s1. The summed E-state index contributed by atoms with van der Waals surface area (Å²) in [5.74, 6) is 0.530. The van der Waals surface area contributed by atoms with Gasteiger partial charge in [-0.1, -0.05) is 22.9 Å². The molecule has 2 bridgehead atoms. The Balaban J connectivity index is 1.65. The minimum absolute atomic E-state index is 0.0849. The van der Waals surface area contributed by atoms with Gasteiger partial charge in [0.15, 0.2) is 5.01 Å². The van der Waals surface area contributed by atoms with Gasteiger partial charge in [-0.2, -0.15) is 0 Å². The summed E-state index contributed by atoms with van der Waals surface area (Å²) in [6.45, 7) is 4.41. The Morgan fingerprint density at radius 3 is 3.06 bits per heavy atom. The van der Waals surface area contributed by atoms with E-state index in [9.17, 15) is 4.79 Å². The van der Waals surface area contributed by atoms with E-state index in [2.05, 4.69) is 22.1 Å². The molecule has 0 spiro atoms. The van der Waals surface area contributed by atoms with Gasteiger partial charge < -0.3 is 5.32 Å². The molecule has 4 atom stereocenters. The molecule has 98 valence electrons. The van der Waals surface area contributed by atoms with Crippen LogP contribution < -0.4 is 5.32 Å². The number of rotatable bonds is 2. The summed E-state index contributed by atoms with van der Waals surface area (Å²) < 4.78 is 0.558. The molecule has 18 heavy (non-hydrogen) atoms. The first kappa shape index (κ1) is 12.4. The van der Waals surface area contributed by atoms with Crippen LogP contribution in [0.1, 0.15) is 29.6 Å². The number of nitrogens with one attached hydrogen (secondary N) is 1. The van der Waals surface area contributed by atoms with Crippen LogP contribution in [-0.2, 0) is 0 Å². The summed E-state index contributed by atoms with van der Waals surface area (Å²) in [6, 6.07) is 0.927. The van der Waals surface area contributed by atoms with E-state index in [1.54, 1.807) is 0 Å². The van der Waals surface area contributed by atoms with Crippen molar-refractivity contribution >= 4 is 28.8 Å². The molecule has 1 aromatic heterocycles. The summed E-state index contributed by atoms with van der Waals surface area (Å²) in [6.07, 6.45) is 3.90. The highest BCUT2D eigenvalue weighted by molar-refractivity contribution is 7.17. The van der Waals surface area contributed by atoms with Crippen LogP contribution >= 0.6 is 22.9 Å². The molecular formula is C12H16ClN3OS. The Bertz CT molecular complexity index is 464. The molecule has 3 fully saturated rings. The standard InChI is InChI=1S/C12H16ClN3OS/c1-7-4-8-2-3-16(7)6-9(8)15-11(17)12-14-5-10(13)18-12/h5,7-9H,2-4,6H2,1H3,(H,15,17)/t7?,8?,9-/m0/s1. The first-order valence-corrected chi connectivity index (χ1v) is 7.49. The first-order chi connectivity index (χ1) is 8.63. The lowest BCUT2D eigenvalue weighted by Crippen LogP contribution is -2.60. The average Bonchev–Trinajstić information content (AvgIpc) is 2.77. The number of fused-ring (bicyclic) bond motifs is 3. The number of carbonyl (C=O) groups excluding carboxylic acids is 1. The molecule has 4 rings (SSSR count). The van der Waals surface area contributed by atoms with Crippen molar-refractivity contribution in [3.8, 4) is 0 Å². The molecule has 1 amide bonds. The van der Waals surface area contributed by atoms with Gasteiger partial charge in [0.1, 0.15) is 4.34 Å². The lowest BCUT2D eigenvalue weighted by Gasteiger charge is -2.48. The van der Waals surface area contributed by atoms with Crippen molar-refractivity contribution in [2.45, 2.75) is 31.8 Å². The summed E-state index contributed by atoms with van der Waals surface area (Å²) in [5.41, 5.74) is 0. The van der Waals surface area contributed by atoms with Crippen LogP contribution in [0, 0.1) is 5.92 Å². The van der Waals surface area contributed by atoms with Gasteiger partial charge in [-0.3, -0.25) is 9.69 Å². The maximum absolute atomic E-state index is 12.0. The Labute approximate surface area is 115 Å². The fraction of sp³-hybridized carbons (Fsp3) is 0.667. The fourth-order valence-corrected chi connectivity index (χ4v) is 3.86. The number of carbonyl (C=O) groups is 1. The van der Waals surface area contributed by atoms with Crippen molar-refractivity contribution in [2.24, 2.45) is 5.92 Å². The molecule has 3 aliphatic heterocycles. The zero-order chi connectivity index (χ0) is 12.7. The van der Waals surface area contributed by atoms with Crippen LogP contribution in [0.3, 0.4) is 0 Å². The van der Waals surface area contributed by atoms with Gasteiger partial charge in [0.2, 0.25) is 0 Å². The van der Waals surface area contributed by atoms with Crippen LogP contribution in [0.2, 0.25) is 4.34 Å². The maximum atomic E-state index is 12.0. The van der Waals surface area contributed by atoms with Crippen molar-refractivity contribution in [1.29, 1.82) is 0 Å². The van der Waals surface area contributed by atoms with E-state index >= 15 is 0 Å². The number of nitrogens with zero attached hydrogens (tertiary/aromatic N) is 2. The Morgan fingerprint density at radius 2 is 2.50 bits per heavy atom. The molecule has 0 saturated carbocycles. The van der Waals surface area contributed by atoms with E-state index in [0.29, 0.717) is 21.3 Å². The Hall–Kier alpha value is -0.650. The number of aromatic nitrogens is 1. The predicted octanol–water partition coefficient (Wildman–Crippen LogP) is 2.01. The van der Waals surface area contributed by atoms with Gasteiger partial charge in [0.25, 0.3) is 5.91 Å². The molecule has 1 N–H and O–H groups in total. The quantitative estimate of drug-likeness (QED) is 0.904. The van der Waals surface area contributed by atoms with Crippen LogP contribution in [0.5, 0.6) is 0 Å². The number of amides is 1. The smallest absolute Gasteiger partial charge is 0.280 e. The molecule has 4 heterocycles. The van der Waals surface area contributed by atoms with Crippen molar-refractivity contribution in [1.82, 2.24) is 15.2 Å². The summed E-state index contributed by atoms with van der Waals surface area (Å²) >= 11 is 7.03. The number of halogens is 1. The Kier molecular flexibility index (Phi) is 3.30. The number of hydrogen-bond acceptors (Lipinski definition) is 4. The molecule has 3 saturated heterocycles. The molecule has 6 heteroatoms. The zero-order valence-electron chi connectivity index (χ0n) is 10.2. The van der Waals surface area contributed by atoms with Crippen LogP contribution in [-0.4, -0.2) is 41.0 Å². The largest absolute Gasteiger partial charge is 0.346 e. The molecule has 1 aromatic rings. The molecule has 0 aliphatic carbocycles. The minimum atomic E-state index is -0.0849. The highest BCUT2D eigenvalue weighted by atomic mass is 35.5. The van der Waals surface area contributed by atoms with Crippen LogP contribution in [0.25, 0.3) is 0 Å². The zero-order valence-corrected chi connectivity index (χ0v) is 11.8. The third kappa shape index (κ3) is 2.27. The van der Waals surface area contributed by atoms with Gasteiger partial charge >= 0.3 is 0 Å². The normalized spacial score (nSPS) is 34.6. The van der Waals surface area contributed by atoms with Gasteiger partial charge in [-0.25, -0.2) is 4.98 Å². The van der Waals surface area contributed by atoms with Crippen LogP contribution in [0.15, 0.2) is 6.20 Å². The minimum Gasteiger partial charge on any atom is -0.346 e. The number of piperidine rings is 3. The molecular weight excluding hydrogens is 270 g/mol. The van der Waals surface area contributed by atoms with E-state index in [0.717, 1.165) is 6.54 Å². The maximum Gasteiger partial charge on any atom is 0.280 e. The highest BCUT2D eigenvalue weighted by Gasteiger charge is 2.38. The summed E-state index contributed by atoms with van der Waals surface area (Å²) in [5, 5.41) is 3.57. The first-order valence-electron chi connectivity index (χ1n) is 6.29. The monoisotopic (exact) mass is 285 g/mol.